The third-order valence-electron chi connectivity index (χ3n) is 3.85. The molecule has 128 valence electrons. The number of nitrogens with zero attached hydrogens (tertiary/aromatic N) is 4. The number of hydroxylamine groups is 1. The fourth-order valence-electron chi connectivity index (χ4n) is 2.63. The van der Waals surface area contributed by atoms with Crippen molar-refractivity contribution in [1.29, 1.82) is 0 Å². The molecule has 2 N–H and O–H groups in total. The summed E-state index contributed by atoms with van der Waals surface area (Å²) >= 11 is 5.75. The number of amidine groups is 1. The SMILES string of the molecule is ONC(=Nc1ccc(F)c(Cl)c1)c1nonc1CN1CCCCC1. The molecule has 3 rings (SSSR count). The number of piperidine rings is 1. The molecule has 0 amide bonds. The van der Waals surface area contributed by atoms with Gasteiger partial charge < -0.3 is 0 Å². The molecular formula is C15H17ClFN5O2. The van der Waals surface area contributed by atoms with Crippen LogP contribution >= 0.6 is 11.6 Å². The molecule has 1 aliphatic heterocycles. The predicted molar refractivity (Wildman–Crippen MR) is 86.0 cm³/mol. The van der Waals surface area contributed by atoms with Crippen molar-refractivity contribution in [2.45, 2.75) is 25.8 Å². The van der Waals surface area contributed by atoms with Gasteiger partial charge in [0.2, 0.25) is 0 Å². The van der Waals surface area contributed by atoms with E-state index in [1.165, 1.54) is 24.6 Å². The van der Waals surface area contributed by atoms with E-state index in [1.54, 1.807) is 0 Å². The molecule has 0 spiro atoms. The molecule has 0 saturated carbocycles. The van der Waals surface area contributed by atoms with Crippen molar-refractivity contribution in [1.82, 2.24) is 20.7 Å². The molecule has 7 nitrogen and oxygen atoms in total. The predicted octanol–water partition coefficient (Wildman–Crippen LogP) is 2.91. The first-order valence-electron chi connectivity index (χ1n) is 7.65. The van der Waals surface area contributed by atoms with E-state index in [-0.39, 0.29) is 10.9 Å². The fraction of sp³-hybridized carbons (Fsp3) is 0.400. The number of aromatic nitrogens is 2. The second kappa shape index (κ2) is 7.69. The number of benzene rings is 1. The molecule has 1 aromatic heterocycles. The Kier molecular flexibility index (Phi) is 5.39. The summed E-state index contributed by atoms with van der Waals surface area (Å²) in [4.78, 5) is 6.44. The molecule has 9 heteroatoms. The molecule has 0 unspecified atom stereocenters. The Balaban J connectivity index is 1.84. The zero-order chi connectivity index (χ0) is 16.9. The molecule has 24 heavy (non-hydrogen) atoms. The van der Waals surface area contributed by atoms with Gasteiger partial charge in [0, 0.05) is 6.54 Å². The van der Waals surface area contributed by atoms with E-state index in [2.05, 4.69) is 20.2 Å². The number of nitrogens with one attached hydrogen (secondary N) is 1. The van der Waals surface area contributed by atoms with Gasteiger partial charge in [-0.1, -0.05) is 23.2 Å². The summed E-state index contributed by atoms with van der Waals surface area (Å²) in [5.74, 6) is -0.478. The topological polar surface area (TPSA) is 86.8 Å². The van der Waals surface area contributed by atoms with E-state index < -0.39 is 5.82 Å². The molecule has 0 radical (unpaired) electrons. The first-order chi connectivity index (χ1) is 11.7. The van der Waals surface area contributed by atoms with Crippen molar-refractivity contribution < 1.29 is 14.2 Å². The minimum absolute atomic E-state index is 0.0552. The fourth-order valence-corrected chi connectivity index (χ4v) is 2.81. The van der Waals surface area contributed by atoms with Gasteiger partial charge in [-0.15, -0.1) is 0 Å². The van der Waals surface area contributed by atoms with Crippen LogP contribution in [0.15, 0.2) is 27.8 Å². The average Bonchev–Trinajstić information content (AvgIpc) is 3.05. The molecule has 1 aliphatic rings. The van der Waals surface area contributed by atoms with Gasteiger partial charge in [-0.25, -0.2) is 14.0 Å². The van der Waals surface area contributed by atoms with Crippen LogP contribution in [-0.2, 0) is 6.54 Å². The third kappa shape index (κ3) is 3.89. The molecule has 0 bridgehead atoms. The lowest BCUT2D eigenvalue weighted by molar-refractivity contribution is 0.212. The maximum absolute atomic E-state index is 13.2. The van der Waals surface area contributed by atoms with Crippen LogP contribution in [0, 0.1) is 5.82 Å². The second-order valence-corrected chi connectivity index (χ2v) is 5.97. The number of hydrogen-bond donors (Lipinski definition) is 2. The van der Waals surface area contributed by atoms with Gasteiger partial charge in [-0.3, -0.25) is 15.6 Å². The lowest BCUT2D eigenvalue weighted by atomic mass is 10.1. The normalized spacial score (nSPS) is 16.4. The van der Waals surface area contributed by atoms with E-state index in [0.717, 1.165) is 25.9 Å². The van der Waals surface area contributed by atoms with Crippen molar-refractivity contribution in [2.24, 2.45) is 4.99 Å². The van der Waals surface area contributed by atoms with Crippen LogP contribution in [0.1, 0.15) is 30.7 Å². The van der Waals surface area contributed by atoms with Crippen LogP contribution in [-0.4, -0.2) is 39.3 Å². The molecule has 0 aliphatic carbocycles. The molecule has 0 atom stereocenters. The van der Waals surface area contributed by atoms with E-state index in [9.17, 15) is 9.60 Å². The smallest absolute Gasteiger partial charge is 0.182 e. The minimum Gasteiger partial charge on any atom is -0.297 e. The zero-order valence-corrected chi connectivity index (χ0v) is 13.6. The van der Waals surface area contributed by atoms with Gasteiger partial charge in [0.15, 0.2) is 11.5 Å². The lowest BCUT2D eigenvalue weighted by Gasteiger charge is -2.25. The quantitative estimate of drug-likeness (QED) is 0.499. The highest BCUT2D eigenvalue weighted by atomic mass is 35.5. The number of likely N-dealkylation sites (tertiary alicyclic amines) is 1. The summed E-state index contributed by atoms with van der Waals surface area (Å²) in [6.45, 7) is 2.53. The Hall–Kier alpha value is -2.03. The molecule has 1 fully saturated rings. The summed E-state index contributed by atoms with van der Waals surface area (Å²) in [5, 5.41) is 17.1. The van der Waals surface area contributed by atoms with Crippen molar-refractivity contribution in [2.75, 3.05) is 13.1 Å². The summed E-state index contributed by atoms with van der Waals surface area (Å²) in [5.41, 5.74) is 3.25. The second-order valence-electron chi connectivity index (χ2n) is 5.57. The van der Waals surface area contributed by atoms with E-state index in [1.807, 2.05) is 5.48 Å². The molecule has 2 aromatic rings. The zero-order valence-electron chi connectivity index (χ0n) is 12.9. The Morgan fingerprint density at radius 3 is 2.83 bits per heavy atom. The first-order valence-corrected chi connectivity index (χ1v) is 8.03. The monoisotopic (exact) mass is 353 g/mol. The maximum Gasteiger partial charge on any atom is 0.182 e. The Labute approximate surface area is 143 Å². The Morgan fingerprint density at radius 1 is 1.33 bits per heavy atom. The van der Waals surface area contributed by atoms with Gasteiger partial charge >= 0.3 is 0 Å². The first kappa shape index (κ1) is 16.8. The van der Waals surface area contributed by atoms with Crippen LogP contribution in [0.25, 0.3) is 0 Å². The van der Waals surface area contributed by atoms with Crippen molar-refractivity contribution in [3.05, 3.63) is 40.4 Å². The Morgan fingerprint density at radius 2 is 2.12 bits per heavy atom. The standard InChI is InChI=1S/C15H17ClFN5O2/c16-11-8-10(4-5-12(11)17)18-15(19-23)14-13(20-24-21-14)9-22-6-2-1-3-7-22/h4-5,8,23H,1-3,6-7,9H2,(H,18,19). The Bertz CT molecular complexity index is 730. The molecule has 1 aromatic carbocycles. The van der Waals surface area contributed by atoms with Gasteiger partial charge in [0.1, 0.15) is 11.5 Å². The molecule has 1 saturated heterocycles. The number of halogens is 2. The number of aliphatic imine (C=N–C) groups is 1. The highest BCUT2D eigenvalue weighted by Crippen LogP contribution is 2.22. The molecular weight excluding hydrogens is 337 g/mol. The van der Waals surface area contributed by atoms with Crippen LogP contribution in [0.4, 0.5) is 10.1 Å². The molecule has 2 heterocycles. The summed E-state index contributed by atoms with van der Waals surface area (Å²) in [6, 6.07) is 3.99. The lowest BCUT2D eigenvalue weighted by Crippen LogP contribution is -2.31. The van der Waals surface area contributed by atoms with Gasteiger partial charge in [0.05, 0.1) is 10.7 Å². The van der Waals surface area contributed by atoms with Crippen LogP contribution in [0.5, 0.6) is 0 Å². The van der Waals surface area contributed by atoms with Gasteiger partial charge in [-0.2, -0.15) is 0 Å². The number of rotatable bonds is 4. The number of hydrogen-bond acceptors (Lipinski definition) is 6. The average molecular weight is 354 g/mol. The van der Waals surface area contributed by atoms with E-state index >= 15 is 0 Å². The van der Waals surface area contributed by atoms with E-state index in [4.69, 9.17) is 16.2 Å². The summed E-state index contributed by atoms with van der Waals surface area (Å²) in [7, 11) is 0. The van der Waals surface area contributed by atoms with Crippen LogP contribution < -0.4 is 5.48 Å². The van der Waals surface area contributed by atoms with Gasteiger partial charge in [0.25, 0.3) is 0 Å². The maximum atomic E-state index is 13.2. The third-order valence-corrected chi connectivity index (χ3v) is 4.14. The summed E-state index contributed by atoms with van der Waals surface area (Å²) in [6.07, 6.45) is 3.53. The van der Waals surface area contributed by atoms with Crippen LogP contribution in [0.2, 0.25) is 5.02 Å². The highest BCUT2D eigenvalue weighted by molar-refractivity contribution is 6.31. The largest absolute Gasteiger partial charge is 0.297 e. The van der Waals surface area contributed by atoms with Crippen molar-refractivity contribution in [3.63, 3.8) is 0 Å². The van der Waals surface area contributed by atoms with Crippen molar-refractivity contribution in [3.8, 4) is 0 Å². The van der Waals surface area contributed by atoms with Crippen molar-refractivity contribution >= 4 is 23.1 Å². The summed E-state index contributed by atoms with van der Waals surface area (Å²) < 4.78 is 18.0. The van der Waals surface area contributed by atoms with E-state index in [0.29, 0.717) is 23.6 Å². The highest BCUT2D eigenvalue weighted by Gasteiger charge is 2.20. The van der Waals surface area contributed by atoms with Crippen LogP contribution in [0.3, 0.4) is 0 Å². The van der Waals surface area contributed by atoms with Gasteiger partial charge in [-0.05, 0) is 49.3 Å². The minimum atomic E-state index is -0.539.